The number of nitrogens with two attached hydrogens (primary N) is 1. The molecule has 102 valence electrons. The molecule has 0 aliphatic rings. The van der Waals surface area contributed by atoms with Crippen molar-refractivity contribution in [3.05, 3.63) is 29.8 Å². The van der Waals surface area contributed by atoms with Gasteiger partial charge in [-0.05, 0) is 19.9 Å². The van der Waals surface area contributed by atoms with Gasteiger partial charge in [0.2, 0.25) is 0 Å². The van der Waals surface area contributed by atoms with Crippen LogP contribution in [0, 0.1) is 0 Å². The van der Waals surface area contributed by atoms with Gasteiger partial charge in [-0.2, -0.15) is 0 Å². The van der Waals surface area contributed by atoms with Crippen molar-refractivity contribution in [3.63, 3.8) is 0 Å². The van der Waals surface area contributed by atoms with Gasteiger partial charge in [0.25, 0.3) is 0 Å². The summed E-state index contributed by atoms with van der Waals surface area (Å²) >= 11 is 1.69. The molecule has 0 aliphatic heterocycles. The van der Waals surface area contributed by atoms with Crippen molar-refractivity contribution in [1.29, 1.82) is 0 Å². The quantitative estimate of drug-likeness (QED) is 0.833. The van der Waals surface area contributed by atoms with Crippen LogP contribution in [0.25, 0.3) is 0 Å². The summed E-state index contributed by atoms with van der Waals surface area (Å²) in [7, 11) is 1.67. The lowest BCUT2D eigenvalue weighted by Gasteiger charge is -2.27. The topological polar surface area (TPSA) is 55.5 Å². The molecule has 1 rings (SSSR count). The fourth-order valence-corrected chi connectivity index (χ4v) is 3.01. The zero-order chi connectivity index (χ0) is 13.7. The lowest BCUT2D eigenvalue weighted by molar-refractivity contribution is 0.196. The van der Waals surface area contributed by atoms with Crippen molar-refractivity contribution in [3.8, 4) is 5.75 Å². The van der Waals surface area contributed by atoms with Crippen LogP contribution in [0.4, 0.5) is 0 Å². The summed E-state index contributed by atoms with van der Waals surface area (Å²) in [5, 5.41) is 9.88. The van der Waals surface area contributed by atoms with Crippen molar-refractivity contribution in [2.24, 2.45) is 5.73 Å². The molecule has 0 spiro atoms. The fraction of sp³-hybridized carbons (Fsp3) is 0.571. The minimum Gasteiger partial charge on any atom is -0.496 e. The number of rotatable bonds is 6. The molecule has 3 N–H and O–H groups in total. The average Bonchev–Trinajstić information content (AvgIpc) is 2.35. The first-order valence-corrected chi connectivity index (χ1v) is 7.13. The van der Waals surface area contributed by atoms with Gasteiger partial charge >= 0.3 is 0 Å². The second-order valence-electron chi connectivity index (χ2n) is 4.60. The number of hydrogen-bond donors (Lipinski definition) is 2. The van der Waals surface area contributed by atoms with E-state index in [9.17, 15) is 5.11 Å². The molecule has 18 heavy (non-hydrogen) atoms. The zero-order valence-electron chi connectivity index (χ0n) is 11.5. The number of aliphatic hydroxyl groups is 1. The molecule has 0 fully saturated rings. The molecule has 0 radical (unpaired) electrons. The van der Waals surface area contributed by atoms with Crippen LogP contribution in [0.3, 0.4) is 0 Å². The fourth-order valence-electron chi connectivity index (χ4n) is 1.73. The molecule has 4 unspecified atom stereocenters. The smallest absolute Gasteiger partial charge is 0.123 e. The molecule has 4 heteroatoms. The molecule has 0 saturated carbocycles. The molecule has 0 bridgehead atoms. The van der Waals surface area contributed by atoms with E-state index in [1.165, 1.54) is 0 Å². The maximum absolute atomic E-state index is 9.63. The van der Waals surface area contributed by atoms with E-state index in [1.54, 1.807) is 25.8 Å². The Morgan fingerprint density at radius 2 is 1.83 bits per heavy atom. The van der Waals surface area contributed by atoms with Crippen LogP contribution < -0.4 is 10.5 Å². The number of benzene rings is 1. The van der Waals surface area contributed by atoms with Crippen LogP contribution in [0.5, 0.6) is 5.75 Å². The Kier molecular flexibility index (Phi) is 5.99. The van der Waals surface area contributed by atoms with Crippen LogP contribution in [0.2, 0.25) is 0 Å². The number of para-hydroxylation sites is 1. The summed E-state index contributed by atoms with van der Waals surface area (Å²) < 4.78 is 5.39. The summed E-state index contributed by atoms with van der Waals surface area (Å²) in [5.41, 5.74) is 7.17. The minimum atomic E-state index is -0.356. The monoisotopic (exact) mass is 269 g/mol. The Hall–Kier alpha value is -0.710. The molecule has 3 nitrogen and oxygen atoms in total. The standard InChI is InChI=1S/C14H23NO2S/c1-9(15)14(18-11(3)10(2)16)12-7-5-6-8-13(12)17-4/h5-11,14,16H,15H2,1-4H3. The van der Waals surface area contributed by atoms with Gasteiger partial charge in [0.1, 0.15) is 5.75 Å². The SMILES string of the molecule is COc1ccccc1C(SC(C)C(C)O)C(C)N. The van der Waals surface area contributed by atoms with Crippen LogP contribution in [0.15, 0.2) is 24.3 Å². The minimum absolute atomic E-state index is 0.00694. The molecule has 4 atom stereocenters. The van der Waals surface area contributed by atoms with E-state index in [0.29, 0.717) is 0 Å². The van der Waals surface area contributed by atoms with Crippen molar-refractivity contribution in [2.75, 3.05) is 7.11 Å². The lowest BCUT2D eigenvalue weighted by Crippen LogP contribution is -2.27. The van der Waals surface area contributed by atoms with Crippen molar-refractivity contribution in [2.45, 2.75) is 43.4 Å². The normalized spacial score (nSPS) is 17.9. The summed E-state index contributed by atoms with van der Waals surface area (Å²) in [6.07, 6.45) is -0.356. The second kappa shape index (κ2) is 7.02. The number of aliphatic hydroxyl groups excluding tert-OH is 1. The summed E-state index contributed by atoms with van der Waals surface area (Å²) in [6.45, 7) is 5.80. The molecule has 0 aliphatic carbocycles. The largest absolute Gasteiger partial charge is 0.496 e. The zero-order valence-corrected chi connectivity index (χ0v) is 12.3. The third-order valence-corrected chi connectivity index (χ3v) is 4.76. The molecule has 1 aromatic rings. The number of ether oxygens (including phenoxy) is 1. The van der Waals surface area contributed by atoms with Crippen molar-refractivity contribution >= 4 is 11.8 Å². The highest BCUT2D eigenvalue weighted by atomic mass is 32.2. The van der Waals surface area contributed by atoms with Gasteiger partial charge in [0.05, 0.1) is 13.2 Å². The Balaban J connectivity index is 2.97. The summed E-state index contributed by atoms with van der Waals surface area (Å²) in [4.78, 5) is 0. The molecular weight excluding hydrogens is 246 g/mol. The second-order valence-corrected chi connectivity index (χ2v) is 6.13. The van der Waals surface area contributed by atoms with Crippen LogP contribution >= 0.6 is 11.8 Å². The molecular formula is C14H23NO2S. The van der Waals surface area contributed by atoms with Gasteiger partial charge in [-0.15, -0.1) is 11.8 Å². The van der Waals surface area contributed by atoms with E-state index in [1.807, 2.05) is 38.1 Å². The van der Waals surface area contributed by atoms with E-state index in [4.69, 9.17) is 10.5 Å². The molecule has 0 amide bonds. The molecule has 0 saturated heterocycles. The lowest BCUT2D eigenvalue weighted by atomic mass is 10.1. The first-order valence-electron chi connectivity index (χ1n) is 6.19. The Bertz CT molecular complexity index is 369. The van der Waals surface area contributed by atoms with Gasteiger partial charge in [0.15, 0.2) is 0 Å². The highest BCUT2D eigenvalue weighted by Crippen LogP contribution is 2.39. The third-order valence-electron chi connectivity index (χ3n) is 2.96. The van der Waals surface area contributed by atoms with Gasteiger partial charge in [-0.3, -0.25) is 0 Å². The van der Waals surface area contributed by atoms with E-state index in [-0.39, 0.29) is 22.6 Å². The van der Waals surface area contributed by atoms with Gasteiger partial charge < -0.3 is 15.6 Å². The number of hydrogen-bond acceptors (Lipinski definition) is 4. The summed E-state index contributed by atoms with van der Waals surface area (Å²) in [5.74, 6) is 0.852. The van der Waals surface area contributed by atoms with Crippen LogP contribution in [0.1, 0.15) is 31.6 Å². The highest BCUT2D eigenvalue weighted by Gasteiger charge is 2.24. The van der Waals surface area contributed by atoms with Gasteiger partial charge in [-0.1, -0.05) is 25.1 Å². The van der Waals surface area contributed by atoms with E-state index in [0.717, 1.165) is 11.3 Å². The first-order chi connectivity index (χ1) is 8.47. The Labute approximate surface area is 114 Å². The van der Waals surface area contributed by atoms with E-state index >= 15 is 0 Å². The van der Waals surface area contributed by atoms with Crippen LogP contribution in [-0.4, -0.2) is 29.6 Å². The number of methoxy groups -OCH3 is 1. The van der Waals surface area contributed by atoms with Gasteiger partial charge in [0, 0.05) is 22.1 Å². The molecule has 0 heterocycles. The third kappa shape index (κ3) is 3.90. The van der Waals surface area contributed by atoms with E-state index in [2.05, 4.69) is 0 Å². The van der Waals surface area contributed by atoms with Crippen molar-refractivity contribution in [1.82, 2.24) is 0 Å². The Morgan fingerprint density at radius 3 is 2.33 bits per heavy atom. The maximum atomic E-state index is 9.63. The van der Waals surface area contributed by atoms with Crippen LogP contribution in [-0.2, 0) is 0 Å². The average molecular weight is 269 g/mol. The number of thioether (sulfide) groups is 1. The van der Waals surface area contributed by atoms with Gasteiger partial charge in [-0.25, -0.2) is 0 Å². The molecule has 0 aromatic heterocycles. The van der Waals surface area contributed by atoms with Crippen molar-refractivity contribution < 1.29 is 9.84 Å². The highest BCUT2D eigenvalue weighted by molar-refractivity contribution is 8.00. The predicted molar refractivity (Wildman–Crippen MR) is 78.1 cm³/mol. The maximum Gasteiger partial charge on any atom is 0.123 e. The molecule has 1 aromatic carbocycles. The summed E-state index contributed by atoms with van der Waals surface area (Å²) in [6, 6.07) is 7.91. The predicted octanol–water partition coefficient (Wildman–Crippen LogP) is 2.59. The Morgan fingerprint density at radius 1 is 1.22 bits per heavy atom. The first kappa shape index (κ1) is 15.3. The van der Waals surface area contributed by atoms with E-state index < -0.39 is 0 Å².